The van der Waals surface area contributed by atoms with E-state index in [1.54, 1.807) is 18.2 Å². The van der Waals surface area contributed by atoms with Gasteiger partial charge in [-0.2, -0.15) is 0 Å². The molecule has 2 aromatic carbocycles. The number of imidazole rings is 1. The first kappa shape index (κ1) is 16.6. The minimum absolute atomic E-state index is 0.124. The maximum atomic E-state index is 10.5. The number of aromatic nitrogens is 3. The van der Waals surface area contributed by atoms with Crippen molar-refractivity contribution in [2.24, 2.45) is 0 Å². The molecule has 138 valence electrons. The third-order valence-corrected chi connectivity index (χ3v) is 4.38. The summed E-state index contributed by atoms with van der Waals surface area (Å²) in [5.74, 6) is 0.740. The maximum absolute atomic E-state index is 10.5. The number of benzene rings is 2. The molecule has 5 N–H and O–H groups in total. The molecule has 0 fully saturated rings. The fraction of sp³-hybridized carbons (Fsp3) is 0.105. The Labute approximate surface area is 154 Å². The molecular formula is C19H18N4O4. The van der Waals surface area contributed by atoms with Crippen LogP contribution in [0.15, 0.2) is 42.5 Å². The lowest BCUT2D eigenvalue weighted by molar-refractivity contribution is 0.384. The average molecular weight is 366 g/mol. The number of methoxy groups -OCH3 is 2. The third kappa shape index (κ3) is 2.58. The second-order valence-corrected chi connectivity index (χ2v) is 5.94. The Morgan fingerprint density at radius 1 is 1.04 bits per heavy atom. The minimum Gasteiger partial charge on any atom is -0.503 e. The Hall–Kier alpha value is -3.81. The van der Waals surface area contributed by atoms with E-state index in [9.17, 15) is 10.2 Å². The van der Waals surface area contributed by atoms with Crippen molar-refractivity contribution in [2.75, 3.05) is 20.0 Å². The molecule has 8 heteroatoms. The molecule has 27 heavy (non-hydrogen) atoms. The number of nitrogen functional groups attached to an aromatic ring is 1. The van der Waals surface area contributed by atoms with Gasteiger partial charge in [0, 0.05) is 18.2 Å². The summed E-state index contributed by atoms with van der Waals surface area (Å²) >= 11 is 0. The number of H-pyrrole nitrogens is 1. The van der Waals surface area contributed by atoms with Crippen molar-refractivity contribution < 1.29 is 19.7 Å². The molecule has 0 saturated heterocycles. The molecule has 0 unspecified atom stereocenters. The van der Waals surface area contributed by atoms with E-state index >= 15 is 0 Å². The molecule has 2 heterocycles. The van der Waals surface area contributed by atoms with Crippen LogP contribution in [0.25, 0.3) is 28.1 Å². The summed E-state index contributed by atoms with van der Waals surface area (Å²) < 4.78 is 11.8. The molecule has 0 amide bonds. The van der Waals surface area contributed by atoms with E-state index < -0.39 is 5.88 Å². The highest BCUT2D eigenvalue weighted by molar-refractivity contribution is 5.87. The highest BCUT2D eigenvalue weighted by atomic mass is 16.5. The molecule has 0 aliphatic rings. The van der Waals surface area contributed by atoms with Gasteiger partial charge in [0.25, 0.3) is 0 Å². The number of nitrogens with zero attached hydrogens (tertiary/aromatic N) is 2. The SMILES string of the molecule is COc1cc(OC)cc(-n2c(N)c(-c3nc4ccccc4[nH]3)c(O)c2O)c1. The molecule has 0 aliphatic carbocycles. The predicted molar refractivity (Wildman–Crippen MR) is 102 cm³/mol. The lowest BCUT2D eigenvalue weighted by Gasteiger charge is -2.11. The molecular weight excluding hydrogens is 348 g/mol. The van der Waals surface area contributed by atoms with Crippen molar-refractivity contribution in [3.8, 4) is 40.2 Å². The van der Waals surface area contributed by atoms with Crippen LogP contribution in [0.4, 0.5) is 5.82 Å². The summed E-state index contributed by atoms with van der Waals surface area (Å²) in [7, 11) is 3.05. The Balaban J connectivity index is 1.93. The number of nitrogens with two attached hydrogens (primary N) is 1. The second kappa shape index (κ2) is 6.17. The fourth-order valence-corrected chi connectivity index (χ4v) is 3.05. The number of anilines is 1. The second-order valence-electron chi connectivity index (χ2n) is 5.94. The zero-order valence-corrected chi connectivity index (χ0v) is 14.7. The zero-order chi connectivity index (χ0) is 19.1. The van der Waals surface area contributed by atoms with Crippen molar-refractivity contribution in [1.29, 1.82) is 0 Å². The maximum Gasteiger partial charge on any atom is 0.241 e. The smallest absolute Gasteiger partial charge is 0.241 e. The van der Waals surface area contributed by atoms with Gasteiger partial charge in [0.05, 0.1) is 30.9 Å². The van der Waals surface area contributed by atoms with E-state index in [1.807, 2.05) is 24.3 Å². The Morgan fingerprint density at radius 3 is 2.33 bits per heavy atom. The van der Waals surface area contributed by atoms with Gasteiger partial charge in [0.2, 0.25) is 5.88 Å². The normalized spacial score (nSPS) is 11.0. The fourth-order valence-electron chi connectivity index (χ4n) is 3.05. The predicted octanol–water partition coefficient (Wildman–Crippen LogP) is 3.03. The summed E-state index contributed by atoms with van der Waals surface area (Å²) in [6.07, 6.45) is 0. The van der Waals surface area contributed by atoms with Crippen LogP contribution in [-0.2, 0) is 0 Å². The van der Waals surface area contributed by atoms with Gasteiger partial charge in [0.15, 0.2) is 5.75 Å². The van der Waals surface area contributed by atoms with E-state index in [1.165, 1.54) is 18.8 Å². The Kier molecular flexibility index (Phi) is 3.80. The summed E-state index contributed by atoms with van der Waals surface area (Å²) in [5.41, 5.74) is 8.48. The minimum atomic E-state index is -0.404. The number of nitrogens with one attached hydrogen (secondary N) is 1. The number of ether oxygens (including phenoxy) is 2. The first-order chi connectivity index (χ1) is 13.0. The number of fused-ring (bicyclic) bond motifs is 1. The lowest BCUT2D eigenvalue weighted by Crippen LogP contribution is -2.01. The molecule has 0 atom stereocenters. The van der Waals surface area contributed by atoms with Gasteiger partial charge in [0.1, 0.15) is 28.7 Å². The molecule has 8 nitrogen and oxygen atoms in total. The zero-order valence-electron chi connectivity index (χ0n) is 14.7. The third-order valence-electron chi connectivity index (χ3n) is 4.38. The Morgan fingerprint density at radius 2 is 1.70 bits per heavy atom. The number of para-hydroxylation sites is 2. The monoisotopic (exact) mass is 366 g/mol. The number of hydrogen-bond donors (Lipinski definition) is 4. The average Bonchev–Trinajstić information content (AvgIpc) is 3.19. The molecule has 0 saturated carbocycles. The van der Waals surface area contributed by atoms with Gasteiger partial charge in [-0.3, -0.25) is 4.57 Å². The number of aromatic hydroxyl groups is 2. The van der Waals surface area contributed by atoms with Gasteiger partial charge >= 0.3 is 0 Å². The van der Waals surface area contributed by atoms with Gasteiger partial charge < -0.3 is 30.4 Å². The first-order valence-corrected chi connectivity index (χ1v) is 8.14. The highest BCUT2D eigenvalue weighted by Crippen LogP contribution is 2.45. The van der Waals surface area contributed by atoms with Crippen LogP contribution >= 0.6 is 0 Å². The van der Waals surface area contributed by atoms with Crippen molar-refractivity contribution in [3.05, 3.63) is 42.5 Å². The van der Waals surface area contributed by atoms with E-state index in [-0.39, 0.29) is 17.1 Å². The van der Waals surface area contributed by atoms with Crippen molar-refractivity contribution in [3.63, 3.8) is 0 Å². The molecule has 4 aromatic rings. The van der Waals surface area contributed by atoms with Crippen molar-refractivity contribution >= 4 is 16.9 Å². The summed E-state index contributed by atoms with van der Waals surface area (Å²) in [6, 6.07) is 12.5. The largest absolute Gasteiger partial charge is 0.503 e. The van der Waals surface area contributed by atoms with Crippen LogP contribution in [0.2, 0.25) is 0 Å². The molecule has 2 aromatic heterocycles. The highest BCUT2D eigenvalue weighted by Gasteiger charge is 2.25. The van der Waals surface area contributed by atoms with Crippen LogP contribution in [0.5, 0.6) is 23.1 Å². The molecule has 0 aliphatic heterocycles. The van der Waals surface area contributed by atoms with Crippen LogP contribution in [0, 0.1) is 0 Å². The topological polar surface area (TPSA) is 119 Å². The van der Waals surface area contributed by atoms with Crippen LogP contribution in [0.1, 0.15) is 0 Å². The summed E-state index contributed by atoms with van der Waals surface area (Å²) in [5, 5.41) is 21.0. The summed E-state index contributed by atoms with van der Waals surface area (Å²) in [4.78, 5) is 7.56. The van der Waals surface area contributed by atoms with Crippen molar-refractivity contribution in [2.45, 2.75) is 0 Å². The van der Waals surface area contributed by atoms with Crippen LogP contribution < -0.4 is 15.2 Å². The van der Waals surface area contributed by atoms with Gasteiger partial charge in [-0.25, -0.2) is 4.98 Å². The van der Waals surface area contributed by atoms with E-state index in [0.29, 0.717) is 23.0 Å². The lowest BCUT2D eigenvalue weighted by atomic mass is 10.2. The quantitative estimate of drug-likeness (QED) is 0.441. The number of hydrogen-bond acceptors (Lipinski definition) is 6. The van der Waals surface area contributed by atoms with Gasteiger partial charge in [-0.15, -0.1) is 0 Å². The van der Waals surface area contributed by atoms with Gasteiger partial charge in [-0.1, -0.05) is 12.1 Å². The Bertz CT molecular complexity index is 1090. The van der Waals surface area contributed by atoms with Crippen LogP contribution in [0.3, 0.4) is 0 Å². The number of rotatable bonds is 4. The van der Waals surface area contributed by atoms with E-state index in [4.69, 9.17) is 15.2 Å². The number of aromatic amines is 1. The standard InChI is InChI=1S/C19H18N4O4/c1-26-11-7-10(8-12(9-11)27-2)23-17(20)15(16(24)19(23)25)18-21-13-5-3-4-6-14(13)22-18/h3-9,24-25H,20H2,1-2H3,(H,21,22). The molecule has 0 bridgehead atoms. The van der Waals surface area contributed by atoms with Gasteiger partial charge in [-0.05, 0) is 12.1 Å². The van der Waals surface area contributed by atoms with E-state index in [2.05, 4.69) is 9.97 Å². The molecule has 0 radical (unpaired) electrons. The van der Waals surface area contributed by atoms with E-state index in [0.717, 1.165) is 11.0 Å². The first-order valence-electron chi connectivity index (χ1n) is 8.14. The summed E-state index contributed by atoms with van der Waals surface area (Å²) in [6.45, 7) is 0. The molecule has 4 rings (SSSR count). The van der Waals surface area contributed by atoms with Crippen molar-refractivity contribution in [1.82, 2.24) is 14.5 Å². The molecule has 0 spiro atoms. The van der Waals surface area contributed by atoms with Crippen LogP contribution in [-0.4, -0.2) is 39.0 Å².